The highest BCUT2D eigenvalue weighted by Gasteiger charge is 2.26. The second kappa shape index (κ2) is 5.80. The van der Waals surface area contributed by atoms with Crippen molar-refractivity contribution in [2.24, 2.45) is 5.73 Å². The van der Waals surface area contributed by atoms with Crippen LogP contribution in [0.15, 0.2) is 0 Å². The van der Waals surface area contributed by atoms with Crippen molar-refractivity contribution in [3.8, 4) is 0 Å². The van der Waals surface area contributed by atoms with E-state index in [1.807, 2.05) is 4.72 Å². The summed E-state index contributed by atoms with van der Waals surface area (Å²) >= 11 is 0. The zero-order valence-corrected chi connectivity index (χ0v) is 9.95. The maximum Gasteiger partial charge on any atom is 0.321 e. The minimum Gasteiger partial charge on any atom is -0.480 e. The maximum absolute atomic E-state index is 11.4. The number of aliphatic carboxylic acids is 1. The molecule has 0 saturated heterocycles. The number of nitrogens with one attached hydrogen (secondary N) is 1. The van der Waals surface area contributed by atoms with E-state index in [1.54, 1.807) is 0 Å². The first-order valence-corrected chi connectivity index (χ1v) is 6.23. The minimum atomic E-state index is -3.67. The van der Waals surface area contributed by atoms with Crippen molar-refractivity contribution in [2.45, 2.75) is 38.0 Å². The summed E-state index contributed by atoms with van der Waals surface area (Å²) in [6, 6.07) is -1.32. The van der Waals surface area contributed by atoms with E-state index in [0.29, 0.717) is 0 Å². The summed E-state index contributed by atoms with van der Waals surface area (Å²) in [5, 5.41) is 8.02. The lowest BCUT2D eigenvalue weighted by atomic mass is 10.2. The van der Waals surface area contributed by atoms with Gasteiger partial charge in [0.25, 0.3) is 0 Å². The van der Waals surface area contributed by atoms with E-state index in [9.17, 15) is 18.0 Å². The van der Waals surface area contributed by atoms with Crippen LogP contribution in [-0.2, 0) is 19.6 Å². The molecule has 0 bridgehead atoms. The minimum absolute atomic E-state index is 0.156. The van der Waals surface area contributed by atoms with Crippen LogP contribution in [0.1, 0.15) is 26.7 Å². The number of hydrogen-bond acceptors (Lipinski definition) is 4. The van der Waals surface area contributed by atoms with Gasteiger partial charge in [0, 0.05) is 6.42 Å². The second-order valence-electron chi connectivity index (χ2n) is 3.61. The molecule has 0 aliphatic rings. The first kappa shape index (κ1) is 14.8. The number of carboxylic acids is 1. The van der Waals surface area contributed by atoms with Gasteiger partial charge < -0.3 is 10.8 Å². The molecule has 4 N–H and O–H groups in total. The molecule has 0 rings (SSSR count). The lowest BCUT2D eigenvalue weighted by Gasteiger charge is -2.15. The molecule has 0 aromatic carbocycles. The van der Waals surface area contributed by atoms with Gasteiger partial charge in [0.1, 0.15) is 6.04 Å². The van der Waals surface area contributed by atoms with Crippen LogP contribution in [-0.4, -0.2) is 36.7 Å². The van der Waals surface area contributed by atoms with Crippen molar-refractivity contribution < 1.29 is 23.1 Å². The highest BCUT2D eigenvalue weighted by molar-refractivity contribution is 7.90. The molecule has 8 heteroatoms. The van der Waals surface area contributed by atoms with Crippen molar-refractivity contribution in [1.29, 1.82) is 0 Å². The van der Waals surface area contributed by atoms with Crippen LogP contribution in [0.4, 0.5) is 0 Å². The first-order valence-electron chi connectivity index (χ1n) is 4.69. The normalized spacial score (nSPS) is 13.7. The number of sulfonamides is 1. The van der Waals surface area contributed by atoms with Crippen molar-refractivity contribution in [3.05, 3.63) is 0 Å². The van der Waals surface area contributed by atoms with E-state index in [-0.39, 0.29) is 12.8 Å². The highest BCUT2D eigenvalue weighted by atomic mass is 32.2. The predicted octanol–water partition coefficient (Wildman–Crippen LogP) is -0.967. The molecule has 0 saturated carbocycles. The molecule has 0 aliphatic carbocycles. The number of carboxylic acid groups (broad SMARTS) is 1. The molecular formula is C8H16N2O5S. The van der Waals surface area contributed by atoms with E-state index >= 15 is 0 Å². The molecular weight excluding hydrogens is 236 g/mol. The third-order valence-corrected chi connectivity index (χ3v) is 3.76. The zero-order chi connectivity index (χ0) is 12.9. The Morgan fingerprint density at radius 3 is 2.19 bits per heavy atom. The number of carbonyl (C=O) groups excluding carboxylic acids is 1. The fourth-order valence-electron chi connectivity index (χ4n) is 0.854. The van der Waals surface area contributed by atoms with Gasteiger partial charge in [0.05, 0.1) is 5.25 Å². The van der Waals surface area contributed by atoms with Crippen molar-refractivity contribution in [2.75, 3.05) is 0 Å². The van der Waals surface area contributed by atoms with Gasteiger partial charge in [0.15, 0.2) is 0 Å². The van der Waals surface area contributed by atoms with Crippen LogP contribution in [0.5, 0.6) is 0 Å². The summed E-state index contributed by atoms with van der Waals surface area (Å²) in [6.07, 6.45) is -0.339. The topological polar surface area (TPSA) is 127 Å². The summed E-state index contributed by atoms with van der Waals surface area (Å²) in [5.41, 5.74) is 4.86. The molecule has 1 unspecified atom stereocenters. The van der Waals surface area contributed by atoms with Gasteiger partial charge in [0.2, 0.25) is 15.9 Å². The number of carbonyl (C=O) groups is 2. The average Bonchev–Trinajstić information content (AvgIpc) is 2.11. The van der Waals surface area contributed by atoms with Crippen molar-refractivity contribution in [3.63, 3.8) is 0 Å². The molecule has 94 valence electrons. The van der Waals surface area contributed by atoms with Crippen molar-refractivity contribution >= 4 is 21.9 Å². The molecule has 1 atom stereocenters. The van der Waals surface area contributed by atoms with Gasteiger partial charge in [-0.25, -0.2) is 13.1 Å². The summed E-state index contributed by atoms with van der Waals surface area (Å²) in [7, 11) is -3.67. The standard InChI is InChI=1S/C8H16N2O5S/c1-5(2)16(14,15)10-6(8(12)13)3-4-7(9)11/h5-6,10H,3-4H2,1-2H3,(H2,9,11)(H,12,13). The molecule has 0 heterocycles. The summed E-state index contributed by atoms with van der Waals surface area (Å²) < 4.78 is 24.8. The molecule has 0 radical (unpaired) electrons. The molecule has 0 aromatic heterocycles. The molecule has 0 aromatic rings. The SMILES string of the molecule is CC(C)S(=O)(=O)NC(CCC(N)=O)C(=O)O. The van der Waals surface area contributed by atoms with Gasteiger partial charge >= 0.3 is 5.97 Å². The van der Waals surface area contributed by atoms with E-state index < -0.39 is 33.2 Å². The van der Waals surface area contributed by atoms with Crippen LogP contribution < -0.4 is 10.5 Å². The molecule has 16 heavy (non-hydrogen) atoms. The third-order valence-electron chi connectivity index (χ3n) is 1.90. The smallest absolute Gasteiger partial charge is 0.321 e. The summed E-state index contributed by atoms with van der Waals surface area (Å²) in [4.78, 5) is 21.2. The Bertz CT molecular complexity index is 363. The van der Waals surface area contributed by atoms with Gasteiger partial charge in [-0.05, 0) is 20.3 Å². The number of primary amides is 1. The van der Waals surface area contributed by atoms with E-state index in [1.165, 1.54) is 13.8 Å². The Labute approximate surface area is 94.1 Å². The van der Waals surface area contributed by atoms with Gasteiger partial charge in [-0.15, -0.1) is 0 Å². The molecule has 0 spiro atoms. The third kappa shape index (κ3) is 5.08. The van der Waals surface area contributed by atoms with Crippen molar-refractivity contribution in [1.82, 2.24) is 4.72 Å². The number of hydrogen-bond donors (Lipinski definition) is 3. The van der Waals surface area contributed by atoms with E-state index in [2.05, 4.69) is 0 Å². The van der Waals surface area contributed by atoms with Crippen LogP contribution in [0.3, 0.4) is 0 Å². The Balaban J connectivity index is 4.58. The van der Waals surface area contributed by atoms with Crippen LogP contribution in [0.25, 0.3) is 0 Å². The number of nitrogens with two attached hydrogens (primary N) is 1. The van der Waals surface area contributed by atoms with Gasteiger partial charge in [-0.3, -0.25) is 9.59 Å². The highest BCUT2D eigenvalue weighted by Crippen LogP contribution is 2.03. The van der Waals surface area contributed by atoms with E-state index in [4.69, 9.17) is 10.8 Å². The quantitative estimate of drug-likeness (QED) is 0.537. The Morgan fingerprint density at radius 1 is 1.38 bits per heavy atom. The predicted molar refractivity (Wildman–Crippen MR) is 57.0 cm³/mol. The fourth-order valence-corrected chi connectivity index (χ4v) is 1.74. The Hall–Kier alpha value is -1.15. The molecule has 1 amide bonds. The largest absolute Gasteiger partial charge is 0.480 e. The van der Waals surface area contributed by atoms with E-state index in [0.717, 1.165) is 0 Å². The molecule has 0 fully saturated rings. The Morgan fingerprint density at radius 2 is 1.88 bits per heavy atom. The maximum atomic E-state index is 11.4. The lowest BCUT2D eigenvalue weighted by Crippen LogP contribution is -2.44. The van der Waals surface area contributed by atoms with Gasteiger partial charge in [-0.2, -0.15) is 0 Å². The van der Waals surface area contributed by atoms with Crippen LogP contribution in [0.2, 0.25) is 0 Å². The fraction of sp³-hybridized carbons (Fsp3) is 0.750. The first-order chi connectivity index (χ1) is 7.16. The van der Waals surface area contributed by atoms with Gasteiger partial charge in [-0.1, -0.05) is 0 Å². The van der Waals surface area contributed by atoms with Crippen LogP contribution >= 0.6 is 0 Å². The average molecular weight is 252 g/mol. The summed E-state index contributed by atoms with van der Waals surface area (Å²) in [5.74, 6) is -2.00. The monoisotopic (exact) mass is 252 g/mol. The summed E-state index contributed by atoms with van der Waals surface area (Å²) in [6.45, 7) is 2.85. The zero-order valence-electron chi connectivity index (χ0n) is 9.13. The number of amides is 1. The Kier molecular flexibility index (Phi) is 5.39. The molecule has 7 nitrogen and oxygen atoms in total. The second-order valence-corrected chi connectivity index (χ2v) is 5.88. The van der Waals surface area contributed by atoms with Crippen LogP contribution in [0, 0.1) is 0 Å². The molecule has 0 aliphatic heterocycles. The lowest BCUT2D eigenvalue weighted by molar-refractivity contribution is -0.139. The number of rotatable bonds is 7.